The molecular formula is C24H27ClN4O4S2. The molecule has 1 aliphatic rings. The number of aromatic nitrogens is 2. The van der Waals surface area contributed by atoms with Crippen molar-refractivity contribution in [2.24, 2.45) is 5.92 Å². The van der Waals surface area contributed by atoms with Crippen LogP contribution in [0.5, 0.6) is 0 Å². The lowest BCUT2D eigenvalue weighted by Gasteiger charge is -2.33. The molecule has 0 aliphatic carbocycles. The molecule has 3 aromatic rings. The molecule has 1 saturated heterocycles. The van der Waals surface area contributed by atoms with Gasteiger partial charge in [0, 0.05) is 36.5 Å². The van der Waals surface area contributed by atoms with Gasteiger partial charge in [0.1, 0.15) is 11.6 Å². The normalized spacial score (nSPS) is 15.1. The highest BCUT2D eigenvalue weighted by molar-refractivity contribution is 7.90. The van der Waals surface area contributed by atoms with E-state index in [2.05, 4.69) is 19.6 Å². The molecule has 0 atom stereocenters. The van der Waals surface area contributed by atoms with Crippen LogP contribution < -0.4 is 9.62 Å². The van der Waals surface area contributed by atoms with E-state index in [1.54, 1.807) is 24.5 Å². The minimum Gasteiger partial charge on any atom is -0.441 e. The highest BCUT2D eigenvalue weighted by Gasteiger charge is 2.28. The lowest BCUT2D eigenvalue weighted by atomic mass is 9.96. The number of nitrogens with zero attached hydrogens (tertiary/aromatic N) is 3. The Morgan fingerprint density at radius 2 is 2.06 bits per heavy atom. The molecule has 0 spiro atoms. The largest absolute Gasteiger partial charge is 0.441 e. The number of carbonyl (C=O) groups excluding carboxylic acids is 1. The average molecular weight is 535 g/mol. The maximum Gasteiger partial charge on any atom is 0.238 e. The third-order valence-electron chi connectivity index (χ3n) is 5.81. The number of carbonyl (C=O) groups is 1. The van der Waals surface area contributed by atoms with Gasteiger partial charge in [0.2, 0.25) is 21.8 Å². The minimum absolute atomic E-state index is 0.271. The zero-order valence-electron chi connectivity index (χ0n) is 19.5. The van der Waals surface area contributed by atoms with Crippen LogP contribution in [0, 0.1) is 12.8 Å². The fourth-order valence-corrected chi connectivity index (χ4v) is 5.86. The van der Waals surface area contributed by atoms with Gasteiger partial charge in [0.15, 0.2) is 0 Å². The first kappa shape index (κ1) is 25.4. The van der Waals surface area contributed by atoms with E-state index >= 15 is 0 Å². The first-order valence-corrected chi connectivity index (χ1v) is 14.2. The lowest BCUT2D eigenvalue weighted by Crippen LogP contribution is -2.43. The van der Waals surface area contributed by atoms with E-state index in [1.165, 1.54) is 17.4 Å². The maximum absolute atomic E-state index is 12.6. The van der Waals surface area contributed by atoms with Gasteiger partial charge < -0.3 is 9.32 Å². The van der Waals surface area contributed by atoms with Crippen LogP contribution in [0.15, 0.2) is 41.1 Å². The third kappa shape index (κ3) is 6.50. The number of halogens is 1. The van der Waals surface area contributed by atoms with Crippen LogP contribution >= 0.6 is 22.9 Å². The first-order chi connectivity index (χ1) is 16.7. The summed E-state index contributed by atoms with van der Waals surface area (Å²) in [6.45, 7) is 5.22. The van der Waals surface area contributed by atoms with Gasteiger partial charge in [-0.05, 0) is 49.6 Å². The standard InChI is InChI=1S/C24H27ClN4O4S2/c1-3-19-15-27-24(33-19)18-13-16(2)22(26-14-18)29-10-8-17(9-11-29)23(30)28-35(31,32)12-4-5-20-6-7-21(25)34-20/h4-7,13-15,17H,3,8-12H2,1-2H3,(H,28,30). The van der Waals surface area contributed by atoms with Gasteiger partial charge in [-0.2, -0.15) is 0 Å². The Hall–Kier alpha value is -2.69. The summed E-state index contributed by atoms with van der Waals surface area (Å²) in [6, 6.07) is 5.55. The molecule has 35 heavy (non-hydrogen) atoms. The van der Waals surface area contributed by atoms with E-state index in [-0.39, 0.29) is 11.7 Å². The van der Waals surface area contributed by atoms with Crippen molar-refractivity contribution in [1.82, 2.24) is 14.7 Å². The van der Waals surface area contributed by atoms with E-state index < -0.39 is 15.9 Å². The highest BCUT2D eigenvalue weighted by atomic mass is 35.5. The number of anilines is 1. The van der Waals surface area contributed by atoms with Gasteiger partial charge in [0.25, 0.3) is 0 Å². The number of hydrogen-bond donors (Lipinski definition) is 1. The van der Waals surface area contributed by atoms with Crippen LogP contribution in [-0.2, 0) is 21.2 Å². The summed E-state index contributed by atoms with van der Waals surface area (Å²) in [7, 11) is -3.75. The molecular weight excluding hydrogens is 508 g/mol. The summed E-state index contributed by atoms with van der Waals surface area (Å²) in [5.74, 6) is 1.14. The summed E-state index contributed by atoms with van der Waals surface area (Å²) < 4.78 is 33.3. The number of aryl methyl sites for hydroxylation is 2. The number of hydrogen-bond acceptors (Lipinski definition) is 8. The average Bonchev–Trinajstić information content (AvgIpc) is 3.47. The molecule has 8 nitrogen and oxygen atoms in total. The van der Waals surface area contributed by atoms with Gasteiger partial charge in [-0.15, -0.1) is 11.3 Å². The van der Waals surface area contributed by atoms with Crippen LogP contribution in [0.2, 0.25) is 4.34 Å². The van der Waals surface area contributed by atoms with Crippen molar-refractivity contribution in [3.05, 3.63) is 57.2 Å². The van der Waals surface area contributed by atoms with Crippen molar-refractivity contribution in [2.45, 2.75) is 33.1 Å². The smallest absolute Gasteiger partial charge is 0.238 e. The Morgan fingerprint density at radius 3 is 2.69 bits per heavy atom. The quantitative estimate of drug-likeness (QED) is 0.446. The maximum atomic E-state index is 12.6. The number of sulfonamides is 1. The summed E-state index contributed by atoms with van der Waals surface area (Å²) in [5.41, 5.74) is 1.81. The Labute approximate surface area is 214 Å². The van der Waals surface area contributed by atoms with Crippen LogP contribution in [0.1, 0.15) is 36.0 Å². The van der Waals surface area contributed by atoms with Crippen molar-refractivity contribution < 1.29 is 17.6 Å². The van der Waals surface area contributed by atoms with Crippen molar-refractivity contribution in [3.63, 3.8) is 0 Å². The number of nitrogens with one attached hydrogen (secondary N) is 1. The van der Waals surface area contributed by atoms with Crippen molar-refractivity contribution in [2.75, 3.05) is 23.7 Å². The molecule has 1 N–H and O–H groups in total. The second-order valence-corrected chi connectivity index (χ2v) is 11.9. The van der Waals surface area contributed by atoms with Crippen molar-refractivity contribution >= 4 is 50.8 Å². The van der Waals surface area contributed by atoms with Crippen LogP contribution in [0.4, 0.5) is 5.82 Å². The van der Waals surface area contributed by atoms with E-state index in [1.807, 2.05) is 26.0 Å². The predicted octanol–water partition coefficient (Wildman–Crippen LogP) is 4.70. The molecule has 0 aromatic carbocycles. The molecule has 11 heteroatoms. The van der Waals surface area contributed by atoms with Gasteiger partial charge in [-0.25, -0.2) is 18.4 Å². The summed E-state index contributed by atoms with van der Waals surface area (Å²) in [4.78, 5) is 24.5. The minimum atomic E-state index is -3.75. The second kappa shape index (κ2) is 10.9. The first-order valence-electron chi connectivity index (χ1n) is 11.4. The Kier molecular flexibility index (Phi) is 7.93. The Balaban J connectivity index is 1.30. The van der Waals surface area contributed by atoms with E-state index in [4.69, 9.17) is 16.0 Å². The number of amides is 1. The highest BCUT2D eigenvalue weighted by Crippen LogP contribution is 2.28. The molecule has 1 fully saturated rings. The fourth-order valence-electron chi connectivity index (χ4n) is 3.96. The van der Waals surface area contributed by atoms with Crippen LogP contribution in [-0.4, -0.2) is 43.1 Å². The number of thiophene rings is 1. The summed E-state index contributed by atoms with van der Waals surface area (Å²) in [6.07, 6.45) is 8.55. The van der Waals surface area contributed by atoms with Gasteiger partial charge in [0.05, 0.1) is 21.8 Å². The van der Waals surface area contributed by atoms with E-state index in [9.17, 15) is 13.2 Å². The molecule has 0 radical (unpaired) electrons. The molecule has 3 aromatic heterocycles. The second-order valence-electron chi connectivity index (χ2n) is 8.40. The zero-order chi connectivity index (χ0) is 25.0. The number of oxazole rings is 1. The monoisotopic (exact) mass is 534 g/mol. The summed E-state index contributed by atoms with van der Waals surface area (Å²) in [5, 5.41) is 0. The molecule has 186 valence electrons. The topological polar surface area (TPSA) is 105 Å². The number of pyridine rings is 1. The lowest BCUT2D eigenvalue weighted by molar-refractivity contribution is -0.123. The third-order valence-corrected chi connectivity index (χ3v) is 8.15. The molecule has 4 rings (SSSR count). The SMILES string of the molecule is CCc1cnc(-c2cnc(N3CCC(C(=O)NS(=O)(=O)CC=Cc4ccc(Cl)s4)CC3)c(C)c2)o1. The fraction of sp³-hybridized carbons (Fsp3) is 0.375. The van der Waals surface area contributed by atoms with E-state index in [0.29, 0.717) is 36.2 Å². The van der Waals surface area contributed by atoms with Crippen molar-refractivity contribution in [1.29, 1.82) is 0 Å². The number of piperidine rings is 1. The molecule has 0 unspecified atom stereocenters. The zero-order valence-corrected chi connectivity index (χ0v) is 21.9. The summed E-state index contributed by atoms with van der Waals surface area (Å²) >= 11 is 7.23. The Bertz CT molecular complexity index is 1320. The molecule has 4 heterocycles. The van der Waals surface area contributed by atoms with Gasteiger partial charge in [-0.3, -0.25) is 9.52 Å². The molecule has 0 bridgehead atoms. The predicted molar refractivity (Wildman–Crippen MR) is 139 cm³/mol. The molecule has 0 saturated carbocycles. The van der Waals surface area contributed by atoms with Gasteiger partial charge in [-0.1, -0.05) is 24.6 Å². The molecule has 1 amide bonds. The molecule has 1 aliphatic heterocycles. The van der Waals surface area contributed by atoms with Crippen LogP contribution in [0.3, 0.4) is 0 Å². The van der Waals surface area contributed by atoms with Crippen molar-refractivity contribution in [3.8, 4) is 11.5 Å². The number of rotatable bonds is 8. The van der Waals surface area contributed by atoms with Gasteiger partial charge >= 0.3 is 0 Å². The van der Waals surface area contributed by atoms with E-state index in [0.717, 1.165) is 34.0 Å². The Morgan fingerprint density at radius 1 is 1.29 bits per heavy atom. The van der Waals surface area contributed by atoms with Crippen LogP contribution in [0.25, 0.3) is 17.5 Å².